The first-order valence-electron chi connectivity index (χ1n) is 5.85. The number of phenols is 1. The van der Waals surface area contributed by atoms with E-state index in [9.17, 15) is 5.11 Å². The summed E-state index contributed by atoms with van der Waals surface area (Å²) in [5.74, 6) is 0.260. The fraction of sp³-hybridized carbons (Fsp3) is 0.200. The molecular formula is C15H16ClNO. The molecule has 2 N–H and O–H groups in total. The van der Waals surface area contributed by atoms with E-state index in [1.54, 1.807) is 18.2 Å². The van der Waals surface area contributed by atoms with E-state index >= 15 is 0 Å². The zero-order valence-corrected chi connectivity index (χ0v) is 11.3. The van der Waals surface area contributed by atoms with Crippen LogP contribution in [0, 0.1) is 13.8 Å². The summed E-state index contributed by atoms with van der Waals surface area (Å²) < 4.78 is 0. The quantitative estimate of drug-likeness (QED) is 0.865. The lowest BCUT2D eigenvalue weighted by Crippen LogP contribution is -2.00. The molecule has 0 unspecified atom stereocenters. The molecular weight excluding hydrogens is 246 g/mol. The van der Waals surface area contributed by atoms with Gasteiger partial charge in [-0.3, -0.25) is 0 Å². The number of benzene rings is 2. The van der Waals surface area contributed by atoms with Crippen LogP contribution in [0.3, 0.4) is 0 Å². The normalized spacial score (nSPS) is 10.4. The zero-order valence-electron chi connectivity index (χ0n) is 10.5. The minimum absolute atomic E-state index is 0.260. The van der Waals surface area contributed by atoms with Gasteiger partial charge in [-0.05, 0) is 55.3 Å². The molecule has 0 aromatic heterocycles. The first-order chi connectivity index (χ1) is 8.56. The van der Waals surface area contributed by atoms with Gasteiger partial charge in [-0.1, -0.05) is 17.7 Å². The first kappa shape index (κ1) is 12.8. The van der Waals surface area contributed by atoms with Crippen LogP contribution in [-0.2, 0) is 6.54 Å². The highest BCUT2D eigenvalue weighted by Gasteiger charge is 2.02. The van der Waals surface area contributed by atoms with Gasteiger partial charge < -0.3 is 10.4 Å². The summed E-state index contributed by atoms with van der Waals surface area (Å²) in [6.07, 6.45) is 0. The predicted molar refractivity (Wildman–Crippen MR) is 76.4 cm³/mol. The molecule has 0 spiro atoms. The standard InChI is InChI=1S/C15H16ClNO/c1-10-3-5-14(7-11(10)2)17-9-12-8-13(16)4-6-15(12)18/h3-8,17-18H,9H2,1-2H3. The van der Waals surface area contributed by atoms with Crippen LogP contribution in [0.1, 0.15) is 16.7 Å². The van der Waals surface area contributed by atoms with Crippen molar-refractivity contribution in [1.82, 2.24) is 0 Å². The third-order valence-electron chi connectivity index (χ3n) is 3.03. The molecule has 0 saturated heterocycles. The average molecular weight is 262 g/mol. The molecule has 2 nitrogen and oxygen atoms in total. The molecule has 94 valence electrons. The number of halogens is 1. The summed E-state index contributed by atoms with van der Waals surface area (Å²) in [5.41, 5.74) is 4.35. The summed E-state index contributed by atoms with van der Waals surface area (Å²) in [7, 11) is 0. The van der Waals surface area contributed by atoms with E-state index in [1.807, 2.05) is 6.07 Å². The number of rotatable bonds is 3. The SMILES string of the molecule is Cc1ccc(NCc2cc(Cl)ccc2O)cc1C. The van der Waals surface area contributed by atoms with E-state index in [1.165, 1.54) is 11.1 Å². The lowest BCUT2D eigenvalue weighted by Gasteiger charge is -2.10. The molecule has 0 radical (unpaired) electrons. The fourth-order valence-corrected chi connectivity index (χ4v) is 1.94. The van der Waals surface area contributed by atoms with Gasteiger partial charge >= 0.3 is 0 Å². The van der Waals surface area contributed by atoms with Crippen LogP contribution in [0.15, 0.2) is 36.4 Å². The van der Waals surface area contributed by atoms with Crippen LogP contribution in [0.25, 0.3) is 0 Å². The summed E-state index contributed by atoms with van der Waals surface area (Å²) >= 11 is 5.91. The second-order valence-electron chi connectivity index (χ2n) is 4.43. The molecule has 0 aliphatic heterocycles. The van der Waals surface area contributed by atoms with Gasteiger partial charge in [0.2, 0.25) is 0 Å². The molecule has 2 rings (SSSR count). The first-order valence-corrected chi connectivity index (χ1v) is 6.22. The van der Waals surface area contributed by atoms with E-state index in [0.717, 1.165) is 11.3 Å². The zero-order chi connectivity index (χ0) is 13.1. The van der Waals surface area contributed by atoms with E-state index < -0.39 is 0 Å². The molecule has 2 aromatic rings. The van der Waals surface area contributed by atoms with Gasteiger partial charge in [0.1, 0.15) is 5.75 Å². The number of nitrogens with one attached hydrogen (secondary N) is 1. The number of aryl methyl sites for hydroxylation is 2. The van der Waals surface area contributed by atoms with Crippen molar-refractivity contribution < 1.29 is 5.11 Å². The lowest BCUT2D eigenvalue weighted by molar-refractivity contribution is 0.469. The average Bonchev–Trinajstić information content (AvgIpc) is 2.34. The Morgan fingerprint density at radius 1 is 1.06 bits per heavy atom. The molecule has 0 bridgehead atoms. The number of anilines is 1. The molecule has 0 atom stereocenters. The van der Waals surface area contributed by atoms with Crippen LogP contribution in [0.2, 0.25) is 5.02 Å². The molecule has 3 heteroatoms. The second kappa shape index (κ2) is 5.32. The van der Waals surface area contributed by atoms with Crippen molar-refractivity contribution in [2.45, 2.75) is 20.4 Å². The Hall–Kier alpha value is -1.67. The van der Waals surface area contributed by atoms with E-state index in [-0.39, 0.29) is 5.75 Å². The minimum Gasteiger partial charge on any atom is -0.508 e. The predicted octanol–water partition coefficient (Wildman–Crippen LogP) is 4.27. The number of hydrogen-bond donors (Lipinski definition) is 2. The Kier molecular flexibility index (Phi) is 3.78. The van der Waals surface area contributed by atoms with Gasteiger partial charge in [-0.15, -0.1) is 0 Å². The van der Waals surface area contributed by atoms with Crippen molar-refractivity contribution in [2.75, 3.05) is 5.32 Å². The van der Waals surface area contributed by atoms with Gasteiger partial charge in [-0.2, -0.15) is 0 Å². The summed E-state index contributed by atoms with van der Waals surface area (Å²) in [4.78, 5) is 0. The van der Waals surface area contributed by atoms with Crippen LogP contribution < -0.4 is 5.32 Å². The van der Waals surface area contributed by atoms with Crippen molar-refractivity contribution in [3.8, 4) is 5.75 Å². The van der Waals surface area contributed by atoms with Crippen molar-refractivity contribution in [3.63, 3.8) is 0 Å². The van der Waals surface area contributed by atoms with Gasteiger partial charge in [0.15, 0.2) is 0 Å². The highest BCUT2D eigenvalue weighted by Crippen LogP contribution is 2.23. The van der Waals surface area contributed by atoms with Gasteiger partial charge in [0.05, 0.1) is 0 Å². The largest absolute Gasteiger partial charge is 0.508 e. The fourth-order valence-electron chi connectivity index (χ4n) is 1.74. The van der Waals surface area contributed by atoms with Gasteiger partial charge in [0.25, 0.3) is 0 Å². The Bertz CT molecular complexity index is 566. The maximum atomic E-state index is 9.71. The number of hydrogen-bond acceptors (Lipinski definition) is 2. The lowest BCUT2D eigenvalue weighted by atomic mass is 10.1. The molecule has 0 saturated carbocycles. The second-order valence-corrected chi connectivity index (χ2v) is 4.86. The van der Waals surface area contributed by atoms with Crippen molar-refractivity contribution in [1.29, 1.82) is 0 Å². The van der Waals surface area contributed by atoms with Crippen molar-refractivity contribution >= 4 is 17.3 Å². The third-order valence-corrected chi connectivity index (χ3v) is 3.27. The summed E-state index contributed by atoms with van der Waals surface area (Å²) in [6, 6.07) is 11.3. The number of phenolic OH excluding ortho intramolecular Hbond substituents is 1. The Morgan fingerprint density at radius 2 is 1.83 bits per heavy atom. The van der Waals surface area contributed by atoms with Crippen LogP contribution in [0.4, 0.5) is 5.69 Å². The van der Waals surface area contributed by atoms with Crippen molar-refractivity contribution in [2.24, 2.45) is 0 Å². The van der Waals surface area contributed by atoms with Crippen LogP contribution in [0.5, 0.6) is 5.75 Å². The Morgan fingerprint density at radius 3 is 2.56 bits per heavy atom. The molecule has 0 heterocycles. The summed E-state index contributed by atoms with van der Waals surface area (Å²) in [5, 5.41) is 13.6. The van der Waals surface area contributed by atoms with E-state index in [4.69, 9.17) is 11.6 Å². The maximum Gasteiger partial charge on any atom is 0.120 e. The number of aromatic hydroxyl groups is 1. The van der Waals surface area contributed by atoms with Crippen molar-refractivity contribution in [3.05, 3.63) is 58.1 Å². The van der Waals surface area contributed by atoms with Crippen LogP contribution >= 0.6 is 11.6 Å². The van der Waals surface area contributed by atoms with Gasteiger partial charge in [0, 0.05) is 22.8 Å². The van der Waals surface area contributed by atoms with Gasteiger partial charge in [-0.25, -0.2) is 0 Å². The molecule has 18 heavy (non-hydrogen) atoms. The smallest absolute Gasteiger partial charge is 0.120 e. The minimum atomic E-state index is 0.260. The highest BCUT2D eigenvalue weighted by molar-refractivity contribution is 6.30. The van der Waals surface area contributed by atoms with E-state index in [0.29, 0.717) is 11.6 Å². The third kappa shape index (κ3) is 2.96. The highest BCUT2D eigenvalue weighted by atomic mass is 35.5. The monoisotopic (exact) mass is 261 g/mol. The Labute approximate surface area is 112 Å². The van der Waals surface area contributed by atoms with Crippen LogP contribution in [-0.4, -0.2) is 5.11 Å². The molecule has 2 aromatic carbocycles. The topological polar surface area (TPSA) is 32.3 Å². The molecule has 0 fully saturated rings. The molecule has 0 amide bonds. The van der Waals surface area contributed by atoms with E-state index in [2.05, 4.69) is 31.3 Å². The molecule has 0 aliphatic carbocycles. The Balaban J connectivity index is 2.11. The molecule has 0 aliphatic rings. The maximum absolute atomic E-state index is 9.71. The summed E-state index contributed by atoms with van der Waals surface area (Å²) in [6.45, 7) is 4.72.